The van der Waals surface area contributed by atoms with Gasteiger partial charge < -0.3 is 5.32 Å². The van der Waals surface area contributed by atoms with Crippen molar-refractivity contribution in [2.75, 3.05) is 6.54 Å². The SMILES string of the molecule is CCCCCC(C)(C)CNC(c1cccs1)c1cccs1. The van der Waals surface area contributed by atoms with E-state index in [2.05, 4.69) is 61.1 Å². The molecule has 0 saturated carbocycles. The summed E-state index contributed by atoms with van der Waals surface area (Å²) in [5.74, 6) is 0. The summed E-state index contributed by atoms with van der Waals surface area (Å²) in [6.07, 6.45) is 5.29. The van der Waals surface area contributed by atoms with E-state index in [-0.39, 0.29) is 0 Å². The molecule has 0 spiro atoms. The molecular formula is C18H27NS2. The van der Waals surface area contributed by atoms with Gasteiger partial charge in [-0.05, 0) is 34.7 Å². The molecule has 1 N–H and O–H groups in total. The van der Waals surface area contributed by atoms with Crippen molar-refractivity contribution in [2.45, 2.75) is 52.5 Å². The highest BCUT2D eigenvalue weighted by Crippen LogP contribution is 2.31. The maximum Gasteiger partial charge on any atom is 0.0765 e. The van der Waals surface area contributed by atoms with Crippen LogP contribution in [0.25, 0.3) is 0 Å². The molecule has 0 amide bonds. The van der Waals surface area contributed by atoms with Crippen LogP contribution in [0.1, 0.15) is 62.3 Å². The number of unbranched alkanes of at least 4 members (excludes halogenated alkanes) is 2. The maximum atomic E-state index is 3.81. The van der Waals surface area contributed by atoms with Crippen LogP contribution in [0.2, 0.25) is 0 Å². The molecule has 2 heterocycles. The van der Waals surface area contributed by atoms with Crippen molar-refractivity contribution in [3.05, 3.63) is 44.8 Å². The molecule has 2 rings (SSSR count). The van der Waals surface area contributed by atoms with Gasteiger partial charge in [0.05, 0.1) is 6.04 Å². The van der Waals surface area contributed by atoms with Crippen LogP contribution in [0.5, 0.6) is 0 Å². The summed E-state index contributed by atoms with van der Waals surface area (Å²) in [6, 6.07) is 9.14. The van der Waals surface area contributed by atoms with E-state index < -0.39 is 0 Å². The third-order valence-electron chi connectivity index (χ3n) is 3.90. The highest BCUT2D eigenvalue weighted by molar-refractivity contribution is 7.11. The summed E-state index contributed by atoms with van der Waals surface area (Å²) in [5, 5.41) is 8.15. The fraction of sp³-hybridized carbons (Fsp3) is 0.556. The van der Waals surface area contributed by atoms with Crippen molar-refractivity contribution >= 4 is 22.7 Å². The van der Waals surface area contributed by atoms with Crippen molar-refractivity contribution in [3.8, 4) is 0 Å². The molecule has 2 aromatic rings. The molecule has 3 heteroatoms. The molecule has 1 nitrogen and oxygen atoms in total. The molecule has 0 radical (unpaired) electrons. The molecular weight excluding hydrogens is 294 g/mol. The second-order valence-corrected chi connectivity index (χ2v) is 8.42. The Labute approximate surface area is 137 Å². The predicted octanol–water partition coefficient (Wildman–Crippen LogP) is 6.10. The molecule has 0 bridgehead atoms. The van der Waals surface area contributed by atoms with Gasteiger partial charge in [0.2, 0.25) is 0 Å². The van der Waals surface area contributed by atoms with E-state index in [9.17, 15) is 0 Å². The second kappa shape index (κ2) is 8.11. The Morgan fingerprint density at radius 3 is 2.14 bits per heavy atom. The summed E-state index contributed by atoms with van der Waals surface area (Å²) in [5.41, 5.74) is 0.363. The lowest BCUT2D eigenvalue weighted by Crippen LogP contribution is -2.32. The Hall–Kier alpha value is -0.640. The van der Waals surface area contributed by atoms with E-state index in [0.717, 1.165) is 6.54 Å². The van der Waals surface area contributed by atoms with Gasteiger partial charge in [0.1, 0.15) is 0 Å². The van der Waals surface area contributed by atoms with Gasteiger partial charge in [0.25, 0.3) is 0 Å². The summed E-state index contributed by atoms with van der Waals surface area (Å²) < 4.78 is 0. The van der Waals surface area contributed by atoms with Crippen LogP contribution in [0.4, 0.5) is 0 Å². The van der Waals surface area contributed by atoms with E-state index in [1.54, 1.807) is 0 Å². The van der Waals surface area contributed by atoms with Gasteiger partial charge in [-0.3, -0.25) is 0 Å². The zero-order chi connectivity index (χ0) is 15.1. The minimum atomic E-state index is 0.357. The van der Waals surface area contributed by atoms with E-state index in [4.69, 9.17) is 0 Å². The van der Waals surface area contributed by atoms with Crippen LogP contribution in [-0.2, 0) is 0 Å². The van der Waals surface area contributed by atoms with E-state index in [1.807, 2.05) is 22.7 Å². The van der Waals surface area contributed by atoms with Crippen molar-refractivity contribution < 1.29 is 0 Å². The minimum absolute atomic E-state index is 0.357. The molecule has 0 saturated heterocycles. The largest absolute Gasteiger partial charge is 0.304 e. The highest BCUT2D eigenvalue weighted by Gasteiger charge is 2.22. The quantitative estimate of drug-likeness (QED) is 0.551. The number of rotatable bonds is 9. The molecule has 0 unspecified atom stereocenters. The van der Waals surface area contributed by atoms with Crippen molar-refractivity contribution in [1.82, 2.24) is 5.32 Å². The first kappa shape index (κ1) is 16.7. The summed E-state index contributed by atoms with van der Waals surface area (Å²) in [4.78, 5) is 2.84. The fourth-order valence-corrected chi connectivity index (χ4v) is 4.28. The number of nitrogens with one attached hydrogen (secondary N) is 1. The van der Waals surface area contributed by atoms with Gasteiger partial charge in [-0.1, -0.05) is 52.2 Å². The number of hydrogen-bond acceptors (Lipinski definition) is 3. The number of thiophene rings is 2. The predicted molar refractivity (Wildman–Crippen MR) is 96.4 cm³/mol. The van der Waals surface area contributed by atoms with Crippen molar-refractivity contribution in [1.29, 1.82) is 0 Å². The Morgan fingerprint density at radius 1 is 1.05 bits per heavy atom. The first-order chi connectivity index (χ1) is 10.1. The molecule has 0 fully saturated rings. The lowest BCUT2D eigenvalue weighted by atomic mass is 9.86. The van der Waals surface area contributed by atoms with Crippen LogP contribution in [0.15, 0.2) is 35.0 Å². The first-order valence-corrected chi connectivity index (χ1v) is 9.68. The number of hydrogen-bond donors (Lipinski definition) is 1. The summed E-state index contributed by atoms with van der Waals surface area (Å²) in [6.45, 7) is 8.11. The molecule has 0 aliphatic rings. The lowest BCUT2D eigenvalue weighted by Gasteiger charge is -2.28. The average Bonchev–Trinajstić information content (AvgIpc) is 3.12. The van der Waals surface area contributed by atoms with Gasteiger partial charge in [-0.25, -0.2) is 0 Å². The monoisotopic (exact) mass is 321 g/mol. The van der Waals surface area contributed by atoms with E-state index in [1.165, 1.54) is 35.4 Å². The van der Waals surface area contributed by atoms with Gasteiger partial charge in [0.15, 0.2) is 0 Å². The van der Waals surface area contributed by atoms with Crippen LogP contribution < -0.4 is 5.32 Å². The first-order valence-electron chi connectivity index (χ1n) is 7.92. The van der Waals surface area contributed by atoms with E-state index in [0.29, 0.717) is 11.5 Å². The van der Waals surface area contributed by atoms with Crippen LogP contribution >= 0.6 is 22.7 Å². The normalized spacial score (nSPS) is 12.2. The summed E-state index contributed by atoms with van der Waals surface area (Å²) >= 11 is 3.69. The molecule has 0 aliphatic heterocycles. The van der Waals surface area contributed by atoms with Gasteiger partial charge in [0, 0.05) is 16.3 Å². The third-order valence-corrected chi connectivity index (χ3v) is 5.77. The van der Waals surface area contributed by atoms with Gasteiger partial charge >= 0.3 is 0 Å². The van der Waals surface area contributed by atoms with Crippen molar-refractivity contribution in [2.24, 2.45) is 5.41 Å². The second-order valence-electron chi connectivity index (χ2n) is 6.47. The highest BCUT2D eigenvalue weighted by atomic mass is 32.1. The van der Waals surface area contributed by atoms with Crippen LogP contribution in [0, 0.1) is 5.41 Å². The van der Waals surface area contributed by atoms with E-state index >= 15 is 0 Å². The molecule has 21 heavy (non-hydrogen) atoms. The Balaban J connectivity index is 1.97. The fourth-order valence-electron chi connectivity index (χ4n) is 2.57. The smallest absolute Gasteiger partial charge is 0.0765 e. The van der Waals surface area contributed by atoms with Gasteiger partial charge in [-0.15, -0.1) is 22.7 Å². The minimum Gasteiger partial charge on any atom is -0.304 e. The third kappa shape index (κ3) is 5.24. The van der Waals surface area contributed by atoms with Crippen LogP contribution in [0.3, 0.4) is 0 Å². The molecule has 2 aromatic heterocycles. The topological polar surface area (TPSA) is 12.0 Å². The average molecular weight is 322 g/mol. The Bertz CT molecular complexity index is 451. The van der Waals surface area contributed by atoms with Crippen LogP contribution in [-0.4, -0.2) is 6.54 Å². The Kier molecular flexibility index (Phi) is 6.46. The zero-order valence-corrected chi connectivity index (χ0v) is 15.0. The lowest BCUT2D eigenvalue weighted by molar-refractivity contribution is 0.295. The molecule has 0 atom stereocenters. The maximum absolute atomic E-state index is 3.81. The molecule has 0 aromatic carbocycles. The standard InChI is InChI=1S/C18H27NS2/c1-4-5-6-11-18(2,3)14-19-17(15-9-7-12-20-15)16-10-8-13-21-16/h7-10,12-13,17,19H,4-6,11,14H2,1-3H3. The molecule has 0 aliphatic carbocycles. The van der Waals surface area contributed by atoms with Crippen molar-refractivity contribution in [3.63, 3.8) is 0 Å². The van der Waals surface area contributed by atoms with Gasteiger partial charge in [-0.2, -0.15) is 0 Å². The molecule has 116 valence electrons. The zero-order valence-electron chi connectivity index (χ0n) is 13.4. The Morgan fingerprint density at radius 2 is 1.67 bits per heavy atom. The summed E-state index contributed by atoms with van der Waals surface area (Å²) in [7, 11) is 0.